The minimum Gasteiger partial charge on any atom is -0.263 e. The van der Waals surface area contributed by atoms with Gasteiger partial charge in [0.15, 0.2) is 0 Å². The minimum absolute atomic E-state index is 0.0810. The summed E-state index contributed by atoms with van der Waals surface area (Å²) >= 11 is 3.34. The lowest BCUT2D eigenvalue weighted by molar-refractivity contribution is 0.462. The van der Waals surface area contributed by atoms with E-state index in [0.29, 0.717) is 0 Å². The van der Waals surface area contributed by atoms with Crippen LogP contribution in [-0.2, 0) is 10.0 Å². The van der Waals surface area contributed by atoms with Crippen molar-refractivity contribution in [3.63, 3.8) is 0 Å². The van der Waals surface area contributed by atoms with Gasteiger partial charge in [-0.3, -0.25) is 4.98 Å². The van der Waals surface area contributed by atoms with Gasteiger partial charge in [0.25, 0.3) is 0 Å². The highest BCUT2D eigenvalue weighted by Gasteiger charge is 2.21. The van der Waals surface area contributed by atoms with Gasteiger partial charge in [0, 0.05) is 16.9 Å². The summed E-state index contributed by atoms with van der Waals surface area (Å²) in [6.45, 7) is 5.58. The molecule has 1 heterocycles. The van der Waals surface area contributed by atoms with Crippen molar-refractivity contribution in [2.75, 3.05) is 5.75 Å². The molecular weight excluding hydrogens is 304 g/mol. The highest BCUT2D eigenvalue weighted by atomic mass is 79.9. The highest BCUT2D eigenvalue weighted by molar-refractivity contribution is 9.10. The fourth-order valence-corrected chi connectivity index (χ4v) is 2.81. The van der Waals surface area contributed by atoms with Crippen LogP contribution in [0.25, 0.3) is 0 Å². The fourth-order valence-electron chi connectivity index (χ4n) is 1.46. The summed E-state index contributed by atoms with van der Waals surface area (Å²) in [5, 5.41) is 0. The van der Waals surface area contributed by atoms with Crippen molar-refractivity contribution in [2.24, 2.45) is 5.92 Å². The SMILES string of the molecule is CCS(=O)(=O)N[C@@H](c1cncc(Br)c1)C(C)C. The maximum atomic E-state index is 11.6. The zero-order valence-corrected chi connectivity index (χ0v) is 12.5. The molecule has 0 amide bonds. The number of sulfonamides is 1. The molecule has 0 aliphatic heterocycles. The zero-order valence-electron chi connectivity index (χ0n) is 10.1. The van der Waals surface area contributed by atoms with Crippen LogP contribution in [0.2, 0.25) is 0 Å². The topological polar surface area (TPSA) is 59.1 Å². The van der Waals surface area contributed by atoms with Gasteiger partial charge in [0.2, 0.25) is 10.0 Å². The number of nitrogens with zero attached hydrogens (tertiary/aromatic N) is 1. The van der Waals surface area contributed by atoms with Crippen molar-refractivity contribution >= 4 is 26.0 Å². The summed E-state index contributed by atoms with van der Waals surface area (Å²) in [5.74, 6) is 0.241. The van der Waals surface area contributed by atoms with Crippen LogP contribution in [0.1, 0.15) is 32.4 Å². The van der Waals surface area contributed by atoms with E-state index in [9.17, 15) is 8.42 Å². The summed E-state index contributed by atoms with van der Waals surface area (Å²) in [4.78, 5) is 4.06. The summed E-state index contributed by atoms with van der Waals surface area (Å²) in [6, 6.07) is 1.64. The third kappa shape index (κ3) is 4.37. The lowest BCUT2D eigenvalue weighted by Crippen LogP contribution is -2.32. The molecular formula is C11H17BrN2O2S. The van der Waals surface area contributed by atoms with E-state index in [1.165, 1.54) is 0 Å². The van der Waals surface area contributed by atoms with E-state index in [-0.39, 0.29) is 17.7 Å². The molecule has 1 N–H and O–H groups in total. The first kappa shape index (κ1) is 14.6. The molecule has 6 heteroatoms. The van der Waals surface area contributed by atoms with Crippen molar-refractivity contribution < 1.29 is 8.42 Å². The molecule has 1 aromatic rings. The zero-order chi connectivity index (χ0) is 13.1. The number of aromatic nitrogens is 1. The van der Waals surface area contributed by atoms with Crippen LogP contribution in [0.15, 0.2) is 22.9 Å². The summed E-state index contributed by atoms with van der Waals surface area (Å²) in [5.41, 5.74) is 0.867. The first-order valence-corrected chi connectivity index (χ1v) is 7.90. The second-order valence-corrected chi connectivity index (χ2v) is 7.14. The molecule has 0 radical (unpaired) electrons. The van der Waals surface area contributed by atoms with E-state index in [0.717, 1.165) is 10.0 Å². The van der Waals surface area contributed by atoms with Crippen LogP contribution in [0.4, 0.5) is 0 Å². The molecule has 4 nitrogen and oxygen atoms in total. The second kappa shape index (κ2) is 5.93. The molecule has 0 spiro atoms. The maximum absolute atomic E-state index is 11.6. The number of halogens is 1. The predicted molar refractivity (Wildman–Crippen MR) is 72.1 cm³/mol. The van der Waals surface area contributed by atoms with Crippen LogP contribution in [0.5, 0.6) is 0 Å². The molecule has 1 aromatic heterocycles. The first-order valence-electron chi connectivity index (χ1n) is 5.46. The van der Waals surface area contributed by atoms with Gasteiger partial charge in [-0.05, 0) is 40.4 Å². The summed E-state index contributed by atoms with van der Waals surface area (Å²) in [6.07, 6.45) is 3.36. The molecule has 0 bridgehead atoms. The molecule has 0 fully saturated rings. The second-order valence-electron chi connectivity index (χ2n) is 4.18. The molecule has 0 aliphatic rings. The van der Waals surface area contributed by atoms with Crippen molar-refractivity contribution in [3.05, 3.63) is 28.5 Å². The monoisotopic (exact) mass is 320 g/mol. The van der Waals surface area contributed by atoms with Gasteiger partial charge in [0.05, 0.1) is 11.8 Å². The third-order valence-electron chi connectivity index (χ3n) is 2.44. The van der Waals surface area contributed by atoms with Gasteiger partial charge >= 0.3 is 0 Å². The molecule has 0 saturated carbocycles. The number of hydrogen-bond donors (Lipinski definition) is 1. The predicted octanol–water partition coefficient (Wildman–Crippen LogP) is 2.48. The Bertz CT molecular complexity index is 474. The van der Waals surface area contributed by atoms with Gasteiger partial charge in [-0.15, -0.1) is 0 Å². The Labute approximate surface area is 111 Å². The average molecular weight is 321 g/mol. The average Bonchev–Trinajstić information content (AvgIpc) is 2.25. The van der Waals surface area contributed by atoms with Crippen LogP contribution in [0, 0.1) is 5.92 Å². The van der Waals surface area contributed by atoms with E-state index >= 15 is 0 Å². The van der Waals surface area contributed by atoms with Gasteiger partial charge in [0.1, 0.15) is 0 Å². The van der Waals surface area contributed by atoms with E-state index in [1.807, 2.05) is 19.9 Å². The number of hydrogen-bond acceptors (Lipinski definition) is 3. The van der Waals surface area contributed by atoms with Crippen LogP contribution in [0.3, 0.4) is 0 Å². The summed E-state index contributed by atoms with van der Waals surface area (Å²) in [7, 11) is -3.22. The maximum Gasteiger partial charge on any atom is 0.211 e. The Morgan fingerprint density at radius 2 is 2.06 bits per heavy atom. The van der Waals surface area contributed by atoms with Gasteiger partial charge in [-0.1, -0.05) is 13.8 Å². The number of pyridine rings is 1. The minimum atomic E-state index is -3.22. The third-order valence-corrected chi connectivity index (χ3v) is 4.25. The molecule has 0 unspecified atom stereocenters. The van der Waals surface area contributed by atoms with Gasteiger partial charge < -0.3 is 0 Å². The Kier molecular flexibility index (Phi) is 5.09. The van der Waals surface area contributed by atoms with E-state index in [4.69, 9.17) is 0 Å². The van der Waals surface area contributed by atoms with Gasteiger partial charge in [-0.25, -0.2) is 13.1 Å². The first-order chi connectivity index (χ1) is 7.85. The normalized spacial score (nSPS) is 13.9. The van der Waals surface area contributed by atoms with Crippen molar-refractivity contribution in [3.8, 4) is 0 Å². The molecule has 17 heavy (non-hydrogen) atoms. The van der Waals surface area contributed by atoms with E-state index in [1.54, 1.807) is 19.3 Å². The van der Waals surface area contributed by atoms with Crippen molar-refractivity contribution in [2.45, 2.75) is 26.8 Å². The van der Waals surface area contributed by atoms with Crippen LogP contribution >= 0.6 is 15.9 Å². The largest absolute Gasteiger partial charge is 0.263 e. The van der Waals surface area contributed by atoms with Crippen LogP contribution < -0.4 is 4.72 Å². The van der Waals surface area contributed by atoms with E-state index in [2.05, 4.69) is 25.6 Å². The Hall–Kier alpha value is -0.460. The Morgan fingerprint density at radius 3 is 2.53 bits per heavy atom. The number of rotatable bonds is 5. The van der Waals surface area contributed by atoms with Crippen molar-refractivity contribution in [1.29, 1.82) is 0 Å². The molecule has 1 atom stereocenters. The molecule has 96 valence electrons. The van der Waals surface area contributed by atoms with Crippen LogP contribution in [-0.4, -0.2) is 19.2 Å². The van der Waals surface area contributed by atoms with Crippen molar-refractivity contribution in [1.82, 2.24) is 9.71 Å². The quantitative estimate of drug-likeness (QED) is 0.906. The fraction of sp³-hybridized carbons (Fsp3) is 0.545. The lowest BCUT2D eigenvalue weighted by atomic mass is 9.99. The van der Waals surface area contributed by atoms with E-state index < -0.39 is 10.0 Å². The number of nitrogens with one attached hydrogen (secondary N) is 1. The lowest BCUT2D eigenvalue weighted by Gasteiger charge is -2.22. The highest BCUT2D eigenvalue weighted by Crippen LogP contribution is 2.24. The Balaban J connectivity index is 3.02. The standard InChI is InChI=1S/C11H17BrN2O2S/c1-4-17(15,16)14-11(8(2)3)9-5-10(12)7-13-6-9/h5-8,11,14H,4H2,1-3H3/t11-/m1/s1. The molecule has 1 rings (SSSR count). The smallest absolute Gasteiger partial charge is 0.211 e. The Morgan fingerprint density at radius 1 is 1.41 bits per heavy atom. The van der Waals surface area contributed by atoms with Gasteiger partial charge in [-0.2, -0.15) is 0 Å². The molecule has 0 aromatic carbocycles. The molecule has 0 saturated heterocycles. The molecule has 0 aliphatic carbocycles. The summed E-state index contributed by atoms with van der Waals surface area (Å²) < 4.78 is 26.8.